The van der Waals surface area contributed by atoms with Crippen LogP contribution in [-0.4, -0.2) is 16.7 Å². The molecule has 0 unspecified atom stereocenters. The topological polar surface area (TPSA) is 62.3 Å². The maximum atomic E-state index is 13.6. The van der Waals surface area contributed by atoms with E-state index in [1.54, 1.807) is 29.4 Å². The van der Waals surface area contributed by atoms with E-state index in [2.05, 4.69) is 10.3 Å². The van der Waals surface area contributed by atoms with Gasteiger partial charge in [0.15, 0.2) is 5.78 Å². The predicted octanol–water partition coefficient (Wildman–Crippen LogP) is 5.14. The van der Waals surface area contributed by atoms with Crippen molar-refractivity contribution in [2.45, 2.75) is 31.7 Å². The normalized spacial score (nSPS) is 20.2. The number of hydrogen-bond donors (Lipinski definition) is 1. The Morgan fingerprint density at radius 2 is 1.81 bits per heavy atom. The molecule has 1 N–H and O–H groups in total. The first-order valence-electron chi connectivity index (χ1n) is 10.6. The summed E-state index contributed by atoms with van der Waals surface area (Å²) >= 11 is 0. The molecule has 1 amide bonds. The number of nitrogens with one attached hydrogen (secondary N) is 1. The van der Waals surface area contributed by atoms with Crippen molar-refractivity contribution < 1.29 is 14.0 Å². The molecule has 160 valence electrons. The molecule has 5 nitrogen and oxygen atoms in total. The Labute approximate surface area is 185 Å². The summed E-state index contributed by atoms with van der Waals surface area (Å²) in [6.07, 6.45) is 4.26. The lowest BCUT2D eigenvalue weighted by Gasteiger charge is -2.34. The fourth-order valence-electron chi connectivity index (χ4n) is 4.76. The minimum absolute atomic E-state index is 0.0269. The number of rotatable bonds is 2. The summed E-state index contributed by atoms with van der Waals surface area (Å²) in [6, 6.07) is 17.0. The van der Waals surface area contributed by atoms with Crippen molar-refractivity contribution >= 4 is 23.1 Å². The highest BCUT2D eigenvalue weighted by atomic mass is 19.1. The number of carbonyl (C=O) groups excluding carboxylic acids is 2. The van der Waals surface area contributed by atoms with Crippen molar-refractivity contribution in [3.63, 3.8) is 0 Å². The third kappa shape index (κ3) is 3.47. The standard InChI is InChI=1S/C26H22FN3O2/c1-16(31)30-23-7-3-2-6-21(23)29-22-13-19(17-8-10-20(27)11-9-17)14-24(32)25(22)26(30)18-5-4-12-28-15-18/h2-12,15,19,26,29H,13-14H2,1H3/t19-,26-/m0/s1. The highest BCUT2D eigenvalue weighted by molar-refractivity contribution is 6.05. The van der Waals surface area contributed by atoms with Crippen molar-refractivity contribution in [3.05, 3.63) is 101 Å². The Balaban J connectivity index is 1.68. The lowest BCUT2D eigenvalue weighted by atomic mass is 9.78. The van der Waals surface area contributed by atoms with E-state index in [0.717, 1.165) is 28.2 Å². The lowest BCUT2D eigenvalue weighted by molar-refractivity contribution is -0.117. The number of para-hydroxylation sites is 2. The lowest BCUT2D eigenvalue weighted by Crippen LogP contribution is -2.37. The largest absolute Gasteiger partial charge is 0.357 e. The molecule has 0 bridgehead atoms. The van der Waals surface area contributed by atoms with Gasteiger partial charge >= 0.3 is 0 Å². The van der Waals surface area contributed by atoms with E-state index >= 15 is 0 Å². The van der Waals surface area contributed by atoms with Gasteiger partial charge in [-0.25, -0.2) is 4.39 Å². The van der Waals surface area contributed by atoms with Gasteiger partial charge in [0.05, 0.1) is 17.4 Å². The average Bonchev–Trinajstić information content (AvgIpc) is 2.94. The minimum Gasteiger partial charge on any atom is -0.357 e. The second kappa shape index (κ2) is 8.04. The Morgan fingerprint density at radius 3 is 2.53 bits per heavy atom. The molecule has 6 heteroatoms. The van der Waals surface area contributed by atoms with Crippen LogP contribution in [0.3, 0.4) is 0 Å². The fraction of sp³-hybridized carbons (Fsp3) is 0.192. The molecule has 0 radical (unpaired) electrons. The molecule has 0 saturated carbocycles. The van der Waals surface area contributed by atoms with Crippen molar-refractivity contribution in [2.24, 2.45) is 0 Å². The summed E-state index contributed by atoms with van der Waals surface area (Å²) < 4.78 is 13.4. The highest BCUT2D eigenvalue weighted by Crippen LogP contribution is 2.47. The van der Waals surface area contributed by atoms with Crippen LogP contribution in [0.25, 0.3) is 0 Å². The molecular formula is C26H22FN3O2. The number of ketones is 1. The molecule has 3 aromatic rings. The van der Waals surface area contributed by atoms with Crippen LogP contribution in [0.5, 0.6) is 0 Å². The van der Waals surface area contributed by atoms with Crippen molar-refractivity contribution in [1.82, 2.24) is 4.98 Å². The zero-order chi connectivity index (χ0) is 22.2. The Hall–Kier alpha value is -3.80. The number of aromatic nitrogens is 1. The van der Waals surface area contributed by atoms with Gasteiger partial charge in [-0.05, 0) is 53.8 Å². The van der Waals surface area contributed by atoms with E-state index in [1.807, 2.05) is 36.4 Å². The Morgan fingerprint density at radius 1 is 1.03 bits per heavy atom. The highest BCUT2D eigenvalue weighted by Gasteiger charge is 2.40. The molecule has 2 heterocycles. The second-order valence-corrected chi connectivity index (χ2v) is 8.19. The van der Waals surface area contributed by atoms with Gasteiger partial charge in [0.2, 0.25) is 5.91 Å². The number of benzene rings is 2. The Bertz CT molecular complexity index is 1220. The molecule has 2 atom stereocenters. The number of nitrogens with zero attached hydrogens (tertiary/aromatic N) is 2. The first-order chi connectivity index (χ1) is 15.5. The number of amides is 1. The third-order valence-corrected chi connectivity index (χ3v) is 6.17. The maximum absolute atomic E-state index is 13.6. The van der Waals surface area contributed by atoms with Gasteiger partial charge in [-0.1, -0.05) is 30.3 Å². The quantitative estimate of drug-likeness (QED) is 0.615. The van der Waals surface area contributed by atoms with E-state index < -0.39 is 6.04 Å². The van der Waals surface area contributed by atoms with Crippen LogP contribution in [-0.2, 0) is 9.59 Å². The van der Waals surface area contributed by atoms with Gasteiger partial charge in [-0.15, -0.1) is 0 Å². The molecule has 0 fully saturated rings. The molecule has 32 heavy (non-hydrogen) atoms. The SMILES string of the molecule is CC(=O)N1c2ccccc2NC2=C(C(=O)C[C@@H](c3ccc(F)cc3)C2)[C@@H]1c1cccnc1. The van der Waals surface area contributed by atoms with Gasteiger partial charge in [-0.2, -0.15) is 0 Å². The monoisotopic (exact) mass is 427 g/mol. The minimum atomic E-state index is -0.575. The number of halogens is 1. The third-order valence-electron chi connectivity index (χ3n) is 6.17. The van der Waals surface area contributed by atoms with Crippen LogP contribution in [0.1, 0.15) is 42.9 Å². The molecular weight excluding hydrogens is 405 g/mol. The molecule has 1 aliphatic heterocycles. The van der Waals surface area contributed by atoms with Crippen LogP contribution in [0.4, 0.5) is 15.8 Å². The number of Topliss-reactive ketones (excluding diaryl/α,β-unsaturated/α-hetero) is 1. The van der Waals surface area contributed by atoms with Gasteiger partial charge in [-0.3, -0.25) is 19.5 Å². The average molecular weight is 427 g/mol. The van der Waals surface area contributed by atoms with Crippen LogP contribution in [0.2, 0.25) is 0 Å². The Kier molecular flexibility index (Phi) is 5.05. The predicted molar refractivity (Wildman–Crippen MR) is 121 cm³/mol. The first-order valence-corrected chi connectivity index (χ1v) is 10.6. The van der Waals surface area contributed by atoms with E-state index in [4.69, 9.17) is 0 Å². The maximum Gasteiger partial charge on any atom is 0.224 e. The molecule has 1 aromatic heterocycles. The summed E-state index contributed by atoms with van der Waals surface area (Å²) in [5.41, 5.74) is 4.57. The summed E-state index contributed by atoms with van der Waals surface area (Å²) in [4.78, 5) is 32.4. The van der Waals surface area contributed by atoms with Gasteiger partial charge < -0.3 is 5.32 Å². The summed E-state index contributed by atoms with van der Waals surface area (Å²) in [5.74, 6) is -0.553. The van der Waals surface area contributed by atoms with Crippen molar-refractivity contribution in [3.8, 4) is 0 Å². The van der Waals surface area contributed by atoms with Crippen LogP contribution in [0, 0.1) is 5.82 Å². The van der Waals surface area contributed by atoms with Gasteiger partial charge in [0.1, 0.15) is 5.82 Å². The molecule has 2 aliphatic rings. The van der Waals surface area contributed by atoms with Crippen molar-refractivity contribution in [1.29, 1.82) is 0 Å². The van der Waals surface area contributed by atoms with E-state index in [1.165, 1.54) is 19.1 Å². The number of hydrogen-bond acceptors (Lipinski definition) is 4. The summed E-state index contributed by atoms with van der Waals surface area (Å²) in [5, 5.41) is 3.46. The zero-order valence-corrected chi connectivity index (χ0v) is 17.6. The van der Waals surface area contributed by atoms with Gasteiger partial charge in [0, 0.05) is 37.0 Å². The van der Waals surface area contributed by atoms with E-state index in [-0.39, 0.29) is 23.4 Å². The van der Waals surface area contributed by atoms with Gasteiger partial charge in [0.25, 0.3) is 0 Å². The molecule has 1 aliphatic carbocycles. The van der Waals surface area contributed by atoms with Crippen LogP contribution >= 0.6 is 0 Å². The van der Waals surface area contributed by atoms with Crippen LogP contribution < -0.4 is 10.2 Å². The molecule has 0 saturated heterocycles. The fourth-order valence-corrected chi connectivity index (χ4v) is 4.76. The molecule has 5 rings (SSSR count). The van der Waals surface area contributed by atoms with E-state index in [0.29, 0.717) is 18.4 Å². The number of anilines is 2. The summed E-state index contributed by atoms with van der Waals surface area (Å²) in [6.45, 7) is 1.51. The number of allylic oxidation sites excluding steroid dienone is 1. The first kappa shape index (κ1) is 20.1. The number of fused-ring (bicyclic) bond motifs is 1. The number of pyridine rings is 1. The number of carbonyl (C=O) groups is 2. The second-order valence-electron chi connectivity index (χ2n) is 8.19. The molecule has 0 spiro atoms. The van der Waals surface area contributed by atoms with E-state index in [9.17, 15) is 14.0 Å². The molecule has 2 aromatic carbocycles. The zero-order valence-electron chi connectivity index (χ0n) is 17.6. The van der Waals surface area contributed by atoms with Crippen molar-refractivity contribution in [2.75, 3.05) is 10.2 Å². The van der Waals surface area contributed by atoms with Crippen LogP contribution in [0.15, 0.2) is 84.3 Å². The summed E-state index contributed by atoms with van der Waals surface area (Å²) in [7, 11) is 0. The smallest absolute Gasteiger partial charge is 0.224 e.